The number of nitrogens with one attached hydrogen (secondary N) is 1. The third-order valence-corrected chi connectivity index (χ3v) is 6.18. The zero-order valence-corrected chi connectivity index (χ0v) is 21.3. The van der Waals surface area contributed by atoms with Crippen LogP contribution in [0.5, 0.6) is 0 Å². The molecule has 0 bridgehead atoms. The summed E-state index contributed by atoms with van der Waals surface area (Å²) in [5.74, 6) is 1.31. The number of carbonyl (C=O) groups is 2. The van der Waals surface area contributed by atoms with Crippen molar-refractivity contribution in [1.82, 2.24) is 20.0 Å². The molecular formula is C23H36IN5O2. The molecule has 1 saturated heterocycles. The lowest BCUT2D eigenvalue weighted by Gasteiger charge is -2.24. The van der Waals surface area contributed by atoms with Crippen LogP contribution in [0.1, 0.15) is 53.8 Å². The van der Waals surface area contributed by atoms with Crippen molar-refractivity contribution in [2.75, 3.05) is 52.9 Å². The van der Waals surface area contributed by atoms with Gasteiger partial charge < -0.3 is 15.1 Å². The van der Waals surface area contributed by atoms with Crippen molar-refractivity contribution in [1.29, 1.82) is 0 Å². The Morgan fingerprint density at radius 3 is 2.35 bits per heavy atom. The minimum absolute atomic E-state index is 0. The molecule has 8 heteroatoms. The van der Waals surface area contributed by atoms with Crippen LogP contribution in [0.4, 0.5) is 0 Å². The molecule has 7 nitrogen and oxygen atoms in total. The Hall–Kier alpha value is -1.68. The van der Waals surface area contributed by atoms with Gasteiger partial charge in [0.25, 0.3) is 11.8 Å². The second-order valence-electron chi connectivity index (χ2n) is 8.08. The van der Waals surface area contributed by atoms with E-state index in [9.17, 15) is 9.59 Å². The number of nitrogens with zero attached hydrogens (tertiary/aromatic N) is 4. The summed E-state index contributed by atoms with van der Waals surface area (Å²) >= 11 is 0. The van der Waals surface area contributed by atoms with E-state index in [1.54, 1.807) is 24.3 Å². The fraction of sp³-hybridized carbons (Fsp3) is 0.609. The summed E-state index contributed by atoms with van der Waals surface area (Å²) in [6, 6.07) is 7.05. The smallest absolute Gasteiger partial charge is 0.261 e. The van der Waals surface area contributed by atoms with Crippen LogP contribution in [0, 0.1) is 5.92 Å². The molecule has 1 fully saturated rings. The van der Waals surface area contributed by atoms with E-state index in [2.05, 4.69) is 34.0 Å². The Kier molecular flexibility index (Phi) is 10.2. The van der Waals surface area contributed by atoms with Crippen LogP contribution >= 0.6 is 24.0 Å². The van der Waals surface area contributed by atoms with E-state index >= 15 is 0 Å². The number of likely N-dealkylation sites (tertiary alicyclic amines) is 1. The lowest BCUT2D eigenvalue weighted by molar-refractivity contribution is 0.0652. The number of halogens is 1. The summed E-state index contributed by atoms with van der Waals surface area (Å²) in [5.41, 5.74) is 1.05. The maximum atomic E-state index is 12.4. The molecule has 1 N–H and O–H groups in total. The van der Waals surface area contributed by atoms with E-state index in [1.165, 1.54) is 11.3 Å². The highest BCUT2D eigenvalue weighted by molar-refractivity contribution is 14.0. The fourth-order valence-electron chi connectivity index (χ4n) is 4.39. The summed E-state index contributed by atoms with van der Waals surface area (Å²) in [6.45, 7) is 11.1. The van der Waals surface area contributed by atoms with Gasteiger partial charge in [-0.3, -0.25) is 19.5 Å². The van der Waals surface area contributed by atoms with Gasteiger partial charge in [0.1, 0.15) is 0 Å². The standard InChI is InChI=1S/C23H35N5O2.HI/c1-4-26(5-2)16-18-12-15-27(17-18)23(24-3)25-13-8-9-14-28-21(29)19-10-6-7-11-20(19)22(28)30;/h6-7,10-11,18H,4-5,8-9,12-17H2,1-3H3,(H,24,25);1H. The molecule has 3 rings (SSSR count). The highest BCUT2D eigenvalue weighted by Crippen LogP contribution is 2.22. The number of aliphatic imine (C=N–C) groups is 1. The number of unbranched alkanes of at least 4 members (excludes halogenated alkanes) is 1. The monoisotopic (exact) mass is 541 g/mol. The first-order valence-corrected chi connectivity index (χ1v) is 11.2. The maximum Gasteiger partial charge on any atom is 0.261 e. The van der Waals surface area contributed by atoms with Gasteiger partial charge >= 0.3 is 0 Å². The van der Waals surface area contributed by atoms with E-state index in [0.717, 1.165) is 58.1 Å². The second-order valence-corrected chi connectivity index (χ2v) is 8.08. The van der Waals surface area contributed by atoms with Crippen molar-refractivity contribution in [3.05, 3.63) is 35.4 Å². The average molecular weight is 541 g/mol. The van der Waals surface area contributed by atoms with Gasteiger partial charge in [0.15, 0.2) is 5.96 Å². The number of carbonyl (C=O) groups excluding carboxylic acids is 2. The van der Waals surface area contributed by atoms with Gasteiger partial charge in [-0.15, -0.1) is 24.0 Å². The normalized spacial score (nSPS) is 18.6. The Labute approximate surface area is 203 Å². The van der Waals surface area contributed by atoms with Crippen LogP contribution in [-0.4, -0.2) is 85.3 Å². The Balaban J connectivity index is 0.00000341. The molecule has 0 aliphatic carbocycles. The Morgan fingerprint density at radius 2 is 1.77 bits per heavy atom. The van der Waals surface area contributed by atoms with Gasteiger partial charge in [0.2, 0.25) is 0 Å². The lowest BCUT2D eigenvalue weighted by atomic mass is 10.1. The average Bonchev–Trinajstić information content (AvgIpc) is 3.33. The minimum atomic E-state index is -0.171. The number of amides is 2. The maximum absolute atomic E-state index is 12.4. The number of hydrogen-bond donors (Lipinski definition) is 1. The number of fused-ring (bicyclic) bond motifs is 1. The molecule has 0 saturated carbocycles. The first kappa shape index (κ1) is 25.6. The van der Waals surface area contributed by atoms with Crippen molar-refractivity contribution >= 4 is 41.8 Å². The van der Waals surface area contributed by atoms with Crippen LogP contribution in [0.25, 0.3) is 0 Å². The lowest BCUT2D eigenvalue weighted by Crippen LogP contribution is -2.41. The Morgan fingerprint density at radius 1 is 1.13 bits per heavy atom. The molecular weight excluding hydrogens is 505 g/mol. The summed E-state index contributed by atoms with van der Waals surface area (Å²) in [6.07, 6.45) is 2.86. The van der Waals surface area contributed by atoms with E-state index in [4.69, 9.17) is 0 Å². The number of rotatable bonds is 9. The minimum Gasteiger partial charge on any atom is -0.356 e. The molecule has 1 unspecified atom stereocenters. The highest BCUT2D eigenvalue weighted by atomic mass is 127. The predicted molar refractivity (Wildman–Crippen MR) is 135 cm³/mol. The third-order valence-electron chi connectivity index (χ3n) is 6.18. The quantitative estimate of drug-likeness (QED) is 0.171. The summed E-state index contributed by atoms with van der Waals surface area (Å²) < 4.78 is 0. The first-order chi connectivity index (χ1) is 14.6. The van der Waals surface area contributed by atoms with Crippen LogP contribution in [0.2, 0.25) is 0 Å². The van der Waals surface area contributed by atoms with Crippen molar-refractivity contribution in [2.24, 2.45) is 10.9 Å². The molecule has 172 valence electrons. The van der Waals surface area contributed by atoms with Gasteiger partial charge in [-0.2, -0.15) is 0 Å². The molecule has 2 aliphatic rings. The van der Waals surface area contributed by atoms with E-state index < -0.39 is 0 Å². The van der Waals surface area contributed by atoms with Gasteiger partial charge in [0, 0.05) is 39.8 Å². The third kappa shape index (κ3) is 6.19. The van der Waals surface area contributed by atoms with Crippen LogP contribution in [-0.2, 0) is 0 Å². The zero-order valence-electron chi connectivity index (χ0n) is 19.0. The molecule has 1 aromatic rings. The van der Waals surface area contributed by atoms with E-state index in [0.29, 0.717) is 23.6 Å². The molecule has 2 heterocycles. The van der Waals surface area contributed by atoms with E-state index in [-0.39, 0.29) is 35.8 Å². The molecule has 0 radical (unpaired) electrons. The highest BCUT2D eigenvalue weighted by Gasteiger charge is 2.34. The summed E-state index contributed by atoms with van der Waals surface area (Å²) in [4.78, 5) is 35.5. The zero-order chi connectivity index (χ0) is 21.5. The SMILES string of the molecule is CCN(CC)CC1CCN(C(=NC)NCCCCN2C(=O)c3ccccc3C2=O)C1.I. The predicted octanol–water partition coefficient (Wildman–Crippen LogP) is 2.92. The molecule has 31 heavy (non-hydrogen) atoms. The van der Waals surface area contributed by atoms with Crippen molar-refractivity contribution in [3.63, 3.8) is 0 Å². The van der Waals surface area contributed by atoms with Crippen LogP contribution < -0.4 is 5.32 Å². The molecule has 0 aromatic heterocycles. The molecule has 2 aliphatic heterocycles. The molecule has 1 aromatic carbocycles. The fourth-order valence-corrected chi connectivity index (χ4v) is 4.39. The topological polar surface area (TPSA) is 68.2 Å². The Bertz CT molecular complexity index is 746. The van der Waals surface area contributed by atoms with Crippen LogP contribution in [0.3, 0.4) is 0 Å². The second kappa shape index (κ2) is 12.4. The summed E-state index contributed by atoms with van der Waals surface area (Å²) in [7, 11) is 1.83. The number of benzene rings is 1. The number of guanidine groups is 1. The first-order valence-electron chi connectivity index (χ1n) is 11.2. The largest absolute Gasteiger partial charge is 0.356 e. The molecule has 1 atom stereocenters. The van der Waals surface area contributed by atoms with Gasteiger partial charge in [-0.05, 0) is 50.4 Å². The van der Waals surface area contributed by atoms with Crippen LogP contribution in [0.15, 0.2) is 29.3 Å². The van der Waals surface area contributed by atoms with Crippen molar-refractivity contribution < 1.29 is 9.59 Å². The van der Waals surface area contributed by atoms with Gasteiger partial charge in [0.05, 0.1) is 11.1 Å². The molecule has 2 amide bonds. The van der Waals surface area contributed by atoms with Crippen molar-refractivity contribution in [2.45, 2.75) is 33.1 Å². The summed E-state index contributed by atoms with van der Waals surface area (Å²) in [5, 5.41) is 3.45. The van der Waals surface area contributed by atoms with E-state index in [1.807, 2.05) is 7.05 Å². The van der Waals surface area contributed by atoms with Gasteiger partial charge in [-0.1, -0.05) is 26.0 Å². The molecule has 0 spiro atoms. The number of imide groups is 1. The number of hydrogen-bond acceptors (Lipinski definition) is 4. The van der Waals surface area contributed by atoms with Gasteiger partial charge in [-0.25, -0.2) is 0 Å². The van der Waals surface area contributed by atoms with Crippen molar-refractivity contribution in [3.8, 4) is 0 Å².